The molecule has 0 spiro atoms. The summed E-state index contributed by atoms with van der Waals surface area (Å²) in [5.74, 6) is 0.367. The number of halogens is 1. The summed E-state index contributed by atoms with van der Waals surface area (Å²) in [5, 5.41) is 7.49. The van der Waals surface area contributed by atoms with Crippen LogP contribution in [0, 0.1) is 6.92 Å². The summed E-state index contributed by atoms with van der Waals surface area (Å²) in [4.78, 5) is 4.58. The van der Waals surface area contributed by atoms with Crippen molar-refractivity contribution in [1.29, 1.82) is 0 Å². The Morgan fingerprint density at radius 2 is 2.29 bits per heavy atom. The molecule has 1 unspecified atom stereocenters. The standard InChI is InChI=1S/C16H21ClN2OS/c1-12-11-21-16(19-12)9-14(10-18-6-7-20-2)13-4-3-5-15(17)8-13/h3-5,8,11,14,18H,6-7,9-10H2,1-2H3. The molecule has 1 atom stereocenters. The minimum Gasteiger partial charge on any atom is -0.383 e. The highest BCUT2D eigenvalue weighted by molar-refractivity contribution is 7.09. The van der Waals surface area contributed by atoms with Crippen LogP contribution in [0.2, 0.25) is 5.02 Å². The van der Waals surface area contributed by atoms with E-state index in [-0.39, 0.29) is 0 Å². The Morgan fingerprint density at radius 1 is 1.43 bits per heavy atom. The summed E-state index contributed by atoms with van der Waals surface area (Å²) in [6, 6.07) is 8.10. The molecule has 2 aromatic rings. The zero-order chi connectivity index (χ0) is 15.1. The minimum atomic E-state index is 0.367. The minimum absolute atomic E-state index is 0.367. The van der Waals surface area contributed by atoms with Gasteiger partial charge in [0, 0.05) is 48.6 Å². The lowest BCUT2D eigenvalue weighted by molar-refractivity contribution is 0.199. The van der Waals surface area contributed by atoms with Crippen molar-refractivity contribution in [3.05, 3.63) is 50.9 Å². The topological polar surface area (TPSA) is 34.1 Å². The van der Waals surface area contributed by atoms with Gasteiger partial charge in [0.2, 0.25) is 0 Å². The quantitative estimate of drug-likeness (QED) is 0.752. The summed E-state index contributed by atoms with van der Waals surface area (Å²) in [5.41, 5.74) is 2.34. The molecule has 1 N–H and O–H groups in total. The molecular formula is C16H21ClN2OS. The van der Waals surface area contributed by atoms with Crippen LogP contribution in [0.5, 0.6) is 0 Å². The Balaban J connectivity index is 2.06. The third-order valence-corrected chi connectivity index (χ3v) is 4.51. The van der Waals surface area contributed by atoms with Crippen LogP contribution in [0.25, 0.3) is 0 Å². The van der Waals surface area contributed by atoms with Gasteiger partial charge in [-0.2, -0.15) is 0 Å². The summed E-state index contributed by atoms with van der Waals surface area (Å²) in [7, 11) is 1.72. The zero-order valence-corrected chi connectivity index (χ0v) is 14.0. The van der Waals surface area contributed by atoms with Crippen molar-refractivity contribution in [1.82, 2.24) is 10.3 Å². The monoisotopic (exact) mass is 324 g/mol. The lowest BCUT2D eigenvalue weighted by Gasteiger charge is -2.17. The first-order valence-corrected chi connectivity index (χ1v) is 8.31. The molecule has 1 aromatic carbocycles. The maximum Gasteiger partial charge on any atom is 0.0934 e. The van der Waals surface area contributed by atoms with Crippen LogP contribution in [-0.2, 0) is 11.2 Å². The SMILES string of the molecule is COCCNCC(Cc1nc(C)cs1)c1cccc(Cl)c1. The van der Waals surface area contributed by atoms with E-state index in [0.29, 0.717) is 5.92 Å². The number of nitrogens with one attached hydrogen (secondary N) is 1. The molecule has 0 aliphatic rings. The fraction of sp³-hybridized carbons (Fsp3) is 0.438. The second kappa shape index (κ2) is 8.49. The number of benzene rings is 1. The summed E-state index contributed by atoms with van der Waals surface area (Å²) < 4.78 is 5.08. The molecule has 114 valence electrons. The Bertz CT molecular complexity index is 559. The van der Waals surface area contributed by atoms with Crippen molar-refractivity contribution in [3.63, 3.8) is 0 Å². The van der Waals surface area contributed by atoms with Crippen LogP contribution < -0.4 is 5.32 Å². The molecule has 0 aliphatic carbocycles. The first-order valence-electron chi connectivity index (χ1n) is 7.05. The smallest absolute Gasteiger partial charge is 0.0934 e. The van der Waals surface area contributed by atoms with Gasteiger partial charge in [-0.3, -0.25) is 0 Å². The molecule has 0 bridgehead atoms. The maximum absolute atomic E-state index is 6.13. The number of aromatic nitrogens is 1. The molecule has 0 saturated carbocycles. The summed E-state index contributed by atoms with van der Waals surface area (Å²) in [6.45, 7) is 4.50. The van der Waals surface area contributed by atoms with Crippen LogP contribution in [0.4, 0.5) is 0 Å². The molecule has 1 heterocycles. The highest BCUT2D eigenvalue weighted by atomic mass is 35.5. The van der Waals surface area contributed by atoms with E-state index >= 15 is 0 Å². The van der Waals surface area contributed by atoms with Gasteiger partial charge in [0.1, 0.15) is 0 Å². The number of hydrogen-bond donors (Lipinski definition) is 1. The summed E-state index contributed by atoms with van der Waals surface area (Å²) >= 11 is 7.85. The molecule has 21 heavy (non-hydrogen) atoms. The molecule has 3 nitrogen and oxygen atoms in total. The maximum atomic E-state index is 6.13. The first kappa shape index (κ1) is 16.4. The number of hydrogen-bond acceptors (Lipinski definition) is 4. The average molecular weight is 325 g/mol. The van der Waals surface area contributed by atoms with Gasteiger partial charge in [-0.15, -0.1) is 11.3 Å². The number of aryl methyl sites for hydroxylation is 1. The molecule has 0 amide bonds. The number of rotatable bonds is 8. The Kier molecular flexibility index (Phi) is 6.64. The third kappa shape index (κ3) is 5.40. The van der Waals surface area contributed by atoms with Gasteiger partial charge in [0.25, 0.3) is 0 Å². The lowest BCUT2D eigenvalue weighted by Crippen LogP contribution is -2.26. The lowest BCUT2D eigenvalue weighted by atomic mass is 9.96. The number of ether oxygens (including phenoxy) is 1. The molecule has 2 rings (SSSR count). The number of thiazole rings is 1. The predicted molar refractivity (Wildman–Crippen MR) is 89.5 cm³/mol. The van der Waals surface area contributed by atoms with Crippen LogP contribution in [0.15, 0.2) is 29.6 Å². The molecule has 0 fully saturated rings. The molecule has 5 heteroatoms. The first-order chi connectivity index (χ1) is 10.2. The fourth-order valence-corrected chi connectivity index (χ4v) is 3.28. The number of nitrogens with zero attached hydrogens (tertiary/aromatic N) is 1. The van der Waals surface area contributed by atoms with E-state index in [0.717, 1.165) is 36.8 Å². The molecule has 0 aliphatic heterocycles. The van der Waals surface area contributed by atoms with Gasteiger partial charge >= 0.3 is 0 Å². The van der Waals surface area contributed by atoms with Gasteiger partial charge in [0.05, 0.1) is 11.6 Å². The Morgan fingerprint density at radius 3 is 2.95 bits per heavy atom. The Labute approximate surface area is 135 Å². The third-order valence-electron chi connectivity index (χ3n) is 3.28. The van der Waals surface area contributed by atoms with Gasteiger partial charge in [-0.05, 0) is 24.6 Å². The van der Waals surface area contributed by atoms with Gasteiger partial charge < -0.3 is 10.1 Å². The average Bonchev–Trinajstić information content (AvgIpc) is 2.87. The van der Waals surface area contributed by atoms with Crippen LogP contribution in [-0.4, -0.2) is 31.8 Å². The highest BCUT2D eigenvalue weighted by Gasteiger charge is 2.14. The van der Waals surface area contributed by atoms with Gasteiger partial charge in [0.15, 0.2) is 0 Å². The number of methoxy groups -OCH3 is 1. The fourth-order valence-electron chi connectivity index (χ4n) is 2.23. The predicted octanol–water partition coefficient (Wildman–Crippen LogP) is 3.67. The molecule has 0 saturated heterocycles. The second-order valence-corrected chi connectivity index (χ2v) is 6.41. The zero-order valence-electron chi connectivity index (χ0n) is 12.4. The van der Waals surface area contributed by atoms with E-state index in [9.17, 15) is 0 Å². The van der Waals surface area contributed by atoms with E-state index in [2.05, 4.69) is 21.7 Å². The van der Waals surface area contributed by atoms with Crippen molar-refractivity contribution in [2.75, 3.05) is 26.8 Å². The van der Waals surface area contributed by atoms with Crippen molar-refractivity contribution in [2.45, 2.75) is 19.3 Å². The Hall–Kier alpha value is -0.940. The van der Waals surface area contributed by atoms with Crippen molar-refractivity contribution < 1.29 is 4.74 Å². The van der Waals surface area contributed by atoms with E-state index in [1.165, 1.54) is 10.6 Å². The van der Waals surface area contributed by atoms with E-state index in [4.69, 9.17) is 16.3 Å². The van der Waals surface area contributed by atoms with E-state index in [1.807, 2.05) is 25.1 Å². The van der Waals surface area contributed by atoms with Crippen LogP contribution >= 0.6 is 22.9 Å². The largest absolute Gasteiger partial charge is 0.383 e. The van der Waals surface area contributed by atoms with Gasteiger partial charge in [-0.1, -0.05) is 23.7 Å². The van der Waals surface area contributed by atoms with E-state index < -0.39 is 0 Å². The van der Waals surface area contributed by atoms with Crippen LogP contribution in [0.3, 0.4) is 0 Å². The normalized spacial score (nSPS) is 12.5. The van der Waals surface area contributed by atoms with Crippen LogP contribution in [0.1, 0.15) is 22.2 Å². The van der Waals surface area contributed by atoms with Gasteiger partial charge in [-0.25, -0.2) is 4.98 Å². The highest BCUT2D eigenvalue weighted by Crippen LogP contribution is 2.24. The second-order valence-electron chi connectivity index (χ2n) is 5.04. The molecule has 1 aromatic heterocycles. The molecular weight excluding hydrogens is 304 g/mol. The van der Waals surface area contributed by atoms with Crippen molar-refractivity contribution >= 4 is 22.9 Å². The van der Waals surface area contributed by atoms with Crippen molar-refractivity contribution in [2.24, 2.45) is 0 Å². The van der Waals surface area contributed by atoms with Crippen molar-refractivity contribution in [3.8, 4) is 0 Å². The van der Waals surface area contributed by atoms with E-state index in [1.54, 1.807) is 18.4 Å². The summed E-state index contributed by atoms with van der Waals surface area (Å²) in [6.07, 6.45) is 0.929. The molecule has 0 radical (unpaired) electrons.